The van der Waals surface area contributed by atoms with Crippen LogP contribution in [0.25, 0.3) is 0 Å². The Morgan fingerprint density at radius 3 is 1.56 bits per heavy atom. The fraction of sp³-hybridized carbons (Fsp3) is 0.630. The molecule has 0 aromatic carbocycles. The summed E-state index contributed by atoms with van der Waals surface area (Å²) in [4.78, 5) is 64.9. The normalized spacial score (nSPS) is 14.7. The van der Waals surface area contributed by atoms with Crippen LogP contribution >= 0.6 is 15.6 Å². The molecule has 14 nitrogen and oxygen atoms in total. The molecule has 16 heteroatoms. The molecule has 0 fully saturated rings. The van der Waals surface area contributed by atoms with Crippen molar-refractivity contribution in [2.45, 2.75) is 161 Å². The van der Waals surface area contributed by atoms with Gasteiger partial charge in [-0.15, -0.1) is 0 Å². The van der Waals surface area contributed by atoms with E-state index in [1.54, 1.807) is 12.2 Å². The number of hydrogen-bond donors (Lipinski definition) is 4. The number of carbonyl (C=O) groups excluding carboxylic acids is 3. The van der Waals surface area contributed by atoms with E-state index in [0.29, 0.717) is 6.42 Å². The lowest BCUT2D eigenvalue weighted by Crippen LogP contribution is -2.30. The lowest BCUT2D eigenvalue weighted by atomic mass is 10.1. The van der Waals surface area contributed by atoms with Crippen LogP contribution in [0.3, 0.4) is 0 Å². The molecule has 0 aliphatic carbocycles. The third kappa shape index (κ3) is 43.6. The lowest BCUT2D eigenvalue weighted by Gasteiger charge is -2.20. The van der Waals surface area contributed by atoms with E-state index in [1.807, 2.05) is 6.08 Å². The molecule has 0 saturated heterocycles. The average Bonchev–Trinajstić information content (AvgIpc) is 3.22. The highest BCUT2D eigenvalue weighted by Crippen LogP contribution is 2.43. The molecule has 4 N–H and O–H groups in total. The zero-order chi connectivity index (χ0) is 46.0. The molecule has 0 heterocycles. The van der Waals surface area contributed by atoms with Gasteiger partial charge in [-0.05, 0) is 83.1 Å². The maximum Gasteiger partial charge on any atom is 0.472 e. The number of rotatable bonds is 41. The summed E-state index contributed by atoms with van der Waals surface area (Å²) in [5, 5.41) is 9.74. The number of unbranched alkanes of at least 4 members (excludes halogenated alkanes) is 10. The molecule has 0 radical (unpaired) electrons. The fourth-order valence-electron chi connectivity index (χ4n) is 5.31. The SMILES string of the molecule is CCCCC/C=C\C/C=C\C/C=C\C=C\C(=O)CCCC(=O)OC[C@H](COP(=O)(O)OC[C@@H](O)COP(=O)(O)O)OC(=O)CCCCCC/C=C\C/C=C\C/C=C\CCCCC. The highest BCUT2D eigenvalue weighted by atomic mass is 31.2. The predicted octanol–water partition coefficient (Wildman–Crippen LogP) is 10.7. The number of carbonyl (C=O) groups is 3. The standard InChI is InChI=1S/C46H76O14P2/c1-3-5-7-9-11-13-15-17-18-19-20-22-24-26-28-30-32-36-46(50)60-44(41-59-62(54,55)58-39-43(48)38-57-61(51,52)53)40-56-45(49)37-33-35-42(47)34-31-29-27-25-23-21-16-14-12-10-8-6-4-2/h11-14,17-18,20-23,27,29,31,34,43-44,48H,3-10,15-16,19,24-26,28,30,32-33,35-41H2,1-2H3,(H,54,55)(H2,51,52,53)/b13-11-,14-12-,18-17-,22-20-,23-21-,29-27-,34-31+/t43-,44+/m0/s1. The molecule has 0 aliphatic rings. The zero-order valence-electron chi connectivity index (χ0n) is 37.2. The van der Waals surface area contributed by atoms with Crippen molar-refractivity contribution in [2.75, 3.05) is 26.4 Å². The number of phosphoric ester groups is 2. The minimum Gasteiger partial charge on any atom is -0.462 e. The first-order chi connectivity index (χ1) is 29.8. The van der Waals surface area contributed by atoms with E-state index in [2.05, 4.69) is 83.7 Å². The number of phosphoric acid groups is 2. The van der Waals surface area contributed by atoms with Crippen LogP contribution in [-0.2, 0) is 46.6 Å². The highest BCUT2D eigenvalue weighted by molar-refractivity contribution is 7.47. The summed E-state index contributed by atoms with van der Waals surface area (Å²) in [5.74, 6) is -1.49. The molecule has 0 rings (SSSR count). The molecule has 0 aromatic heterocycles. The van der Waals surface area contributed by atoms with Gasteiger partial charge < -0.3 is 29.3 Å². The van der Waals surface area contributed by atoms with Gasteiger partial charge in [0.1, 0.15) is 12.7 Å². The number of allylic oxidation sites excluding steroid dienone is 14. The monoisotopic (exact) mass is 914 g/mol. The number of ketones is 1. The van der Waals surface area contributed by atoms with Crippen molar-refractivity contribution >= 4 is 33.4 Å². The maximum absolute atomic E-state index is 12.7. The third-order valence-electron chi connectivity index (χ3n) is 8.72. The van der Waals surface area contributed by atoms with Crippen LogP contribution in [-0.4, -0.2) is 76.1 Å². The number of hydrogen-bond acceptors (Lipinski definition) is 11. The summed E-state index contributed by atoms with van der Waals surface area (Å²) in [5.41, 5.74) is 0. The fourth-order valence-corrected chi connectivity index (χ4v) is 6.46. The van der Waals surface area contributed by atoms with Gasteiger partial charge in [-0.25, -0.2) is 9.13 Å². The van der Waals surface area contributed by atoms with E-state index in [9.17, 15) is 33.5 Å². The Hall–Kier alpha value is -3.03. The van der Waals surface area contributed by atoms with Crippen molar-refractivity contribution in [3.8, 4) is 0 Å². The van der Waals surface area contributed by atoms with E-state index in [1.165, 1.54) is 44.6 Å². The minimum atomic E-state index is -4.89. The summed E-state index contributed by atoms with van der Waals surface area (Å²) in [6, 6.07) is 0. The number of aliphatic hydroxyl groups is 1. The lowest BCUT2D eigenvalue weighted by molar-refractivity contribution is -0.161. The van der Waals surface area contributed by atoms with Gasteiger partial charge in [0.05, 0.1) is 19.8 Å². The molecular formula is C46H76O14P2. The molecule has 354 valence electrons. The molecule has 0 aliphatic heterocycles. The highest BCUT2D eigenvalue weighted by Gasteiger charge is 2.28. The van der Waals surface area contributed by atoms with Gasteiger partial charge in [0.15, 0.2) is 11.9 Å². The summed E-state index contributed by atoms with van der Waals surface area (Å²) in [6.07, 6.45) is 42.9. The Labute approximate surface area is 371 Å². The van der Waals surface area contributed by atoms with Crippen molar-refractivity contribution in [2.24, 2.45) is 0 Å². The molecular weight excluding hydrogens is 838 g/mol. The Morgan fingerprint density at radius 2 is 1.00 bits per heavy atom. The molecule has 0 bridgehead atoms. The second kappa shape index (κ2) is 40.7. The molecule has 0 spiro atoms. The first kappa shape index (κ1) is 59.0. The molecule has 0 saturated carbocycles. The average molecular weight is 915 g/mol. The van der Waals surface area contributed by atoms with Gasteiger partial charge in [-0.3, -0.25) is 28.0 Å². The van der Waals surface area contributed by atoms with Gasteiger partial charge in [-0.2, -0.15) is 0 Å². The van der Waals surface area contributed by atoms with Gasteiger partial charge >= 0.3 is 27.6 Å². The minimum absolute atomic E-state index is 0.0511. The van der Waals surface area contributed by atoms with E-state index < -0.39 is 66.2 Å². The van der Waals surface area contributed by atoms with Crippen molar-refractivity contribution < 1.29 is 66.3 Å². The summed E-state index contributed by atoms with van der Waals surface area (Å²) < 4.78 is 47.5. The molecule has 0 amide bonds. The second-order valence-electron chi connectivity index (χ2n) is 14.6. The zero-order valence-corrected chi connectivity index (χ0v) is 39.0. The van der Waals surface area contributed by atoms with Crippen molar-refractivity contribution in [3.05, 3.63) is 85.1 Å². The maximum atomic E-state index is 12.7. The summed E-state index contributed by atoms with van der Waals surface area (Å²) in [6.45, 7) is 1.39. The summed E-state index contributed by atoms with van der Waals surface area (Å²) >= 11 is 0. The Balaban J connectivity index is 4.75. The van der Waals surface area contributed by atoms with Crippen LogP contribution in [0.5, 0.6) is 0 Å². The van der Waals surface area contributed by atoms with Crippen LogP contribution in [0.4, 0.5) is 0 Å². The van der Waals surface area contributed by atoms with Crippen LogP contribution in [0.2, 0.25) is 0 Å². The molecule has 62 heavy (non-hydrogen) atoms. The van der Waals surface area contributed by atoms with Crippen LogP contribution in [0.15, 0.2) is 85.1 Å². The number of aliphatic hydroxyl groups excluding tert-OH is 1. The van der Waals surface area contributed by atoms with Gasteiger partial charge in [0.2, 0.25) is 0 Å². The Kier molecular flexibility index (Phi) is 38.7. The van der Waals surface area contributed by atoms with E-state index in [-0.39, 0.29) is 31.5 Å². The van der Waals surface area contributed by atoms with Crippen LogP contribution in [0.1, 0.15) is 149 Å². The first-order valence-corrected chi connectivity index (χ1v) is 25.3. The van der Waals surface area contributed by atoms with Gasteiger partial charge in [0, 0.05) is 19.3 Å². The van der Waals surface area contributed by atoms with Crippen LogP contribution < -0.4 is 0 Å². The van der Waals surface area contributed by atoms with Crippen molar-refractivity contribution in [1.29, 1.82) is 0 Å². The van der Waals surface area contributed by atoms with E-state index >= 15 is 0 Å². The molecule has 3 atom stereocenters. The largest absolute Gasteiger partial charge is 0.472 e. The molecule has 0 aromatic rings. The quantitative estimate of drug-likeness (QED) is 0.0112. The van der Waals surface area contributed by atoms with E-state index in [4.69, 9.17) is 23.8 Å². The number of ether oxygens (including phenoxy) is 2. The molecule has 1 unspecified atom stereocenters. The first-order valence-electron chi connectivity index (χ1n) is 22.2. The van der Waals surface area contributed by atoms with E-state index in [0.717, 1.165) is 64.2 Å². The van der Waals surface area contributed by atoms with Crippen molar-refractivity contribution in [3.63, 3.8) is 0 Å². The topological polar surface area (TPSA) is 212 Å². The Morgan fingerprint density at radius 1 is 0.516 bits per heavy atom. The van der Waals surface area contributed by atoms with Crippen molar-refractivity contribution in [1.82, 2.24) is 0 Å². The Bertz CT molecular complexity index is 1480. The smallest absolute Gasteiger partial charge is 0.462 e. The summed E-state index contributed by atoms with van der Waals surface area (Å²) in [7, 11) is -9.77. The van der Waals surface area contributed by atoms with Gasteiger partial charge in [0.25, 0.3) is 0 Å². The number of esters is 2. The van der Waals surface area contributed by atoms with Crippen LogP contribution in [0, 0.1) is 0 Å². The third-order valence-corrected chi connectivity index (χ3v) is 10.2. The predicted molar refractivity (Wildman–Crippen MR) is 244 cm³/mol. The van der Waals surface area contributed by atoms with Gasteiger partial charge in [-0.1, -0.05) is 131 Å². The second-order valence-corrected chi connectivity index (χ2v) is 17.3.